The predicted molar refractivity (Wildman–Crippen MR) is 98.7 cm³/mol. The molecule has 0 spiro atoms. The molecular weight excluding hydrogens is 338 g/mol. The van der Waals surface area contributed by atoms with E-state index >= 15 is 0 Å². The van der Waals surface area contributed by atoms with E-state index < -0.39 is 10.0 Å². The number of rotatable bonds is 1. The molecule has 1 aliphatic heterocycles. The van der Waals surface area contributed by atoms with Crippen molar-refractivity contribution in [3.8, 4) is 0 Å². The molecule has 0 amide bonds. The van der Waals surface area contributed by atoms with E-state index in [1.165, 1.54) is 0 Å². The molecule has 1 aliphatic rings. The fraction of sp³-hybridized carbons (Fsp3) is 0.412. The fourth-order valence-corrected chi connectivity index (χ4v) is 3.79. The highest BCUT2D eigenvalue weighted by molar-refractivity contribution is 7.89. The van der Waals surface area contributed by atoms with Crippen LogP contribution < -0.4 is 15.4 Å². The lowest BCUT2D eigenvalue weighted by atomic mass is 10.2. The number of hydrogen-bond donors (Lipinski definition) is 3. The van der Waals surface area contributed by atoms with Crippen LogP contribution in [0.4, 0.5) is 17.5 Å². The van der Waals surface area contributed by atoms with Crippen LogP contribution in [0.5, 0.6) is 0 Å². The first kappa shape index (κ1) is 17.6. The first-order chi connectivity index (χ1) is 12.1. The van der Waals surface area contributed by atoms with Crippen molar-refractivity contribution in [3.63, 3.8) is 0 Å². The van der Waals surface area contributed by atoms with Crippen molar-refractivity contribution in [3.05, 3.63) is 36.0 Å². The van der Waals surface area contributed by atoms with Gasteiger partial charge in [-0.2, -0.15) is 4.98 Å². The van der Waals surface area contributed by atoms with Crippen LogP contribution in [0.3, 0.4) is 0 Å². The maximum absolute atomic E-state index is 12.4. The van der Waals surface area contributed by atoms with Gasteiger partial charge in [-0.05, 0) is 37.5 Å². The molecule has 0 aliphatic carbocycles. The van der Waals surface area contributed by atoms with Gasteiger partial charge in [0.15, 0.2) is 0 Å². The molecule has 4 bridgehead atoms. The van der Waals surface area contributed by atoms with Gasteiger partial charge in [0.1, 0.15) is 5.82 Å². The normalized spacial score (nSPS) is 17.5. The van der Waals surface area contributed by atoms with Gasteiger partial charge in [0.05, 0.1) is 4.90 Å². The van der Waals surface area contributed by atoms with E-state index in [2.05, 4.69) is 32.2 Å². The third-order valence-electron chi connectivity index (χ3n) is 4.08. The summed E-state index contributed by atoms with van der Waals surface area (Å²) < 4.78 is 27.4. The van der Waals surface area contributed by atoms with E-state index in [0.29, 0.717) is 18.2 Å². The van der Waals surface area contributed by atoms with E-state index in [4.69, 9.17) is 0 Å². The van der Waals surface area contributed by atoms with E-state index in [-0.39, 0.29) is 4.90 Å². The second-order valence-corrected chi connectivity index (χ2v) is 7.73. The number of aryl methyl sites for hydroxylation is 1. The van der Waals surface area contributed by atoms with Gasteiger partial charge in [0.25, 0.3) is 0 Å². The number of hydrogen-bond acceptors (Lipinski definition) is 6. The number of anilines is 3. The summed E-state index contributed by atoms with van der Waals surface area (Å²) in [5, 5.41) is 6.45. The first-order valence-electron chi connectivity index (χ1n) is 8.55. The summed E-state index contributed by atoms with van der Waals surface area (Å²) in [7, 11) is -3.51. The van der Waals surface area contributed by atoms with Crippen molar-refractivity contribution in [2.24, 2.45) is 0 Å². The number of sulfonamides is 1. The largest absolute Gasteiger partial charge is 0.370 e. The molecule has 7 nitrogen and oxygen atoms in total. The molecular formula is C17H23N5O2S. The molecule has 0 unspecified atom stereocenters. The SMILES string of the molecule is CCc1cnc2nc1NCCCCCNS(=O)(=O)c1cccc(c1)N2. The van der Waals surface area contributed by atoms with Gasteiger partial charge in [0, 0.05) is 30.5 Å². The Morgan fingerprint density at radius 1 is 1.16 bits per heavy atom. The lowest BCUT2D eigenvalue weighted by molar-refractivity contribution is 0.575. The highest BCUT2D eigenvalue weighted by Crippen LogP contribution is 2.21. The molecule has 25 heavy (non-hydrogen) atoms. The Morgan fingerprint density at radius 2 is 2.00 bits per heavy atom. The lowest BCUT2D eigenvalue weighted by Gasteiger charge is -2.12. The number of fused-ring (bicyclic) bond motifs is 4. The average Bonchev–Trinajstić information content (AvgIpc) is 2.61. The van der Waals surface area contributed by atoms with Gasteiger partial charge in [-0.25, -0.2) is 18.1 Å². The van der Waals surface area contributed by atoms with Crippen LogP contribution in [0.15, 0.2) is 35.4 Å². The molecule has 2 aromatic rings. The van der Waals surface area contributed by atoms with Gasteiger partial charge >= 0.3 is 0 Å². The number of aromatic nitrogens is 2. The van der Waals surface area contributed by atoms with Crippen LogP contribution in [-0.2, 0) is 16.4 Å². The second kappa shape index (κ2) is 7.79. The maximum Gasteiger partial charge on any atom is 0.240 e. The Balaban J connectivity index is 1.96. The minimum Gasteiger partial charge on any atom is -0.370 e. The van der Waals surface area contributed by atoms with Crippen molar-refractivity contribution in [2.75, 3.05) is 23.7 Å². The van der Waals surface area contributed by atoms with Crippen molar-refractivity contribution in [1.29, 1.82) is 0 Å². The highest BCUT2D eigenvalue weighted by atomic mass is 32.2. The zero-order valence-corrected chi connectivity index (χ0v) is 15.1. The van der Waals surface area contributed by atoms with Gasteiger partial charge in [-0.15, -0.1) is 0 Å². The predicted octanol–water partition coefficient (Wildman–Crippen LogP) is 2.66. The van der Waals surface area contributed by atoms with E-state index in [1.54, 1.807) is 30.5 Å². The summed E-state index contributed by atoms with van der Waals surface area (Å²) in [5.41, 5.74) is 1.70. The van der Waals surface area contributed by atoms with Crippen LogP contribution in [0.25, 0.3) is 0 Å². The second-order valence-electron chi connectivity index (χ2n) is 5.96. The Bertz CT molecular complexity index is 839. The summed E-state index contributed by atoms with van der Waals surface area (Å²) in [6.45, 7) is 3.30. The molecule has 2 heterocycles. The average molecular weight is 361 g/mol. The monoisotopic (exact) mass is 361 g/mol. The Kier molecular flexibility index (Phi) is 5.50. The molecule has 3 rings (SSSR count). The smallest absolute Gasteiger partial charge is 0.240 e. The van der Waals surface area contributed by atoms with Crippen molar-refractivity contribution in [2.45, 2.75) is 37.5 Å². The van der Waals surface area contributed by atoms with E-state index in [0.717, 1.165) is 43.6 Å². The van der Waals surface area contributed by atoms with Crippen LogP contribution in [0, 0.1) is 0 Å². The molecule has 0 radical (unpaired) electrons. The summed E-state index contributed by atoms with van der Waals surface area (Å²) in [6.07, 6.45) is 5.34. The van der Waals surface area contributed by atoms with Crippen LogP contribution in [0.1, 0.15) is 31.7 Å². The third-order valence-corrected chi connectivity index (χ3v) is 5.54. The van der Waals surface area contributed by atoms with Gasteiger partial charge in [0.2, 0.25) is 16.0 Å². The molecule has 0 saturated carbocycles. The number of nitrogens with zero attached hydrogens (tertiary/aromatic N) is 2. The van der Waals surface area contributed by atoms with Gasteiger partial charge in [-0.3, -0.25) is 0 Å². The molecule has 0 fully saturated rings. The van der Waals surface area contributed by atoms with Crippen molar-refractivity contribution in [1.82, 2.24) is 14.7 Å². The molecule has 134 valence electrons. The number of nitrogens with one attached hydrogen (secondary N) is 3. The summed E-state index contributed by atoms with van der Waals surface area (Å²) >= 11 is 0. The van der Waals surface area contributed by atoms with Crippen LogP contribution >= 0.6 is 0 Å². The molecule has 0 saturated heterocycles. The Morgan fingerprint density at radius 3 is 2.84 bits per heavy atom. The molecule has 8 heteroatoms. The first-order valence-corrected chi connectivity index (χ1v) is 10.0. The van der Waals surface area contributed by atoms with Crippen molar-refractivity contribution >= 4 is 27.5 Å². The summed E-state index contributed by atoms with van der Waals surface area (Å²) in [4.78, 5) is 9.11. The Hall–Kier alpha value is -2.19. The van der Waals surface area contributed by atoms with Crippen molar-refractivity contribution < 1.29 is 8.42 Å². The van der Waals surface area contributed by atoms with Gasteiger partial charge < -0.3 is 10.6 Å². The zero-order chi connectivity index (χ0) is 17.7. The lowest BCUT2D eigenvalue weighted by Crippen LogP contribution is -2.24. The Labute approximate surface area is 148 Å². The standard InChI is InChI=1S/C17H23N5O2S/c1-2-13-12-19-17-21-14-7-6-8-15(11-14)25(23,24)20-10-5-3-4-9-18-16(13)22-17/h6-8,11-12,20H,2-5,9-10H2,1H3,(H2,18,19,21,22). The maximum atomic E-state index is 12.4. The topological polar surface area (TPSA) is 96.0 Å². The zero-order valence-electron chi connectivity index (χ0n) is 14.2. The fourth-order valence-electron chi connectivity index (χ4n) is 2.67. The minimum atomic E-state index is -3.51. The molecule has 1 aromatic heterocycles. The minimum absolute atomic E-state index is 0.232. The summed E-state index contributed by atoms with van der Waals surface area (Å²) in [5.74, 6) is 1.27. The van der Waals surface area contributed by atoms with Crippen LogP contribution in [0.2, 0.25) is 0 Å². The van der Waals surface area contributed by atoms with Crippen LogP contribution in [-0.4, -0.2) is 31.5 Å². The number of benzene rings is 1. The third kappa shape index (κ3) is 4.46. The van der Waals surface area contributed by atoms with E-state index in [1.807, 2.05) is 0 Å². The molecule has 3 N–H and O–H groups in total. The summed E-state index contributed by atoms with van der Waals surface area (Å²) in [6, 6.07) is 6.67. The highest BCUT2D eigenvalue weighted by Gasteiger charge is 2.14. The van der Waals surface area contributed by atoms with Gasteiger partial charge in [-0.1, -0.05) is 19.4 Å². The molecule has 0 atom stereocenters. The molecule has 1 aromatic carbocycles. The quantitative estimate of drug-likeness (QED) is 0.723. The van der Waals surface area contributed by atoms with E-state index in [9.17, 15) is 8.42 Å².